The van der Waals surface area contributed by atoms with Crippen LogP contribution in [0, 0.1) is 0 Å². The Morgan fingerprint density at radius 3 is 2.06 bits per heavy atom. The molecule has 0 saturated heterocycles. The van der Waals surface area contributed by atoms with Gasteiger partial charge in [0.25, 0.3) is 0 Å². The van der Waals surface area contributed by atoms with Crippen molar-refractivity contribution in [3.05, 3.63) is 42.6 Å². The minimum Gasteiger partial charge on any atom is -0.399 e. The maximum Gasteiger partial charge on any atom is 0.126 e. The van der Waals surface area contributed by atoms with Gasteiger partial charge >= 0.3 is 0 Å². The van der Waals surface area contributed by atoms with E-state index in [1.807, 2.05) is 36.5 Å². The van der Waals surface area contributed by atoms with Gasteiger partial charge in [-0.15, -0.1) is 0 Å². The van der Waals surface area contributed by atoms with Crippen molar-refractivity contribution in [3.8, 4) is 11.1 Å². The van der Waals surface area contributed by atoms with E-state index in [2.05, 4.69) is 37.1 Å². The van der Waals surface area contributed by atoms with Gasteiger partial charge in [-0.2, -0.15) is 0 Å². The highest BCUT2D eigenvalue weighted by atomic mass is 15.0. The average Bonchev–Trinajstić information content (AvgIpc) is 2.29. The molecule has 0 unspecified atom stereocenters. The monoisotopic (exact) mass is 241 g/mol. The van der Waals surface area contributed by atoms with Gasteiger partial charge in [-0.25, -0.2) is 4.98 Å². The van der Waals surface area contributed by atoms with Crippen molar-refractivity contribution in [2.45, 2.75) is 26.3 Å². The molecule has 0 radical (unpaired) electrons. The van der Waals surface area contributed by atoms with E-state index < -0.39 is 0 Å². The van der Waals surface area contributed by atoms with Gasteiger partial charge in [0.1, 0.15) is 5.82 Å². The molecule has 1 heterocycles. The van der Waals surface area contributed by atoms with E-state index >= 15 is 0 Å². The molecule has 3 heteroatoms. The lowest BCUT2D eigenvalue weighted by Crippen LogP contribution is -2.26. The van der Waals surface area contributed by atoms with Gasteiger partial charge in [-0.1, -0.05) is 12.1 Å². The Balaban J connectivity index is 2.20. The molecule has 1 aromatic carbocycles. The van der Waals surface area contributed by atoms with E-state index in [1.54, 1.807) is 0 Å². The number of hydrogen-bond donors (Lipinski definition) is 2. The van der Waals surface area contributed by atoms with Gasteiger partial charge in [0, 0.05) is 23.0 Å². The summed E-state index contributed by atoms with van der Waals surface area (Å²) in [5.74, 6) is 0.890. The summed E-state index contributed by atoms with van der Waals surface area (Å²) in [5.41, 5.74) is 8.69. The molecular weight excluding hydrogens is 222 g/mol. The Labute approximate surface area is 108 Å². The third-order valence-electron chi connectivity index (χ3n) is 2.51. The molecule has 2 aromatic rings. The number of pyridine rings is 1. The smallest absolute Gasteiger partial charge is 0.126 e. The molecule has 1 aromatic heterocycles. The Hall–Kier alpha value is -2.03. The molecule has 0 fully saturated rings. The number of hydrogen-bond acceptors (Lipinski definition) is 3. The number of aromatic nitrogens is 1. The van der Waals surface area contributed by atoms with E-state index in [4.69, 9.17) is 5.73 Å². The SMILES string of the molecule is CC(C)(C)Nc1ccc(-c2ccc(N)cc2)cn1. The molecule has 3 N–H and O–H groups in total. The first kappa shape index (κ1) is 12.4. The van der Waals surface area contributed by atoms with Crippen molar-refractivity contribution < 1.29 is 0 Å². The van der Waals surface area contributed by atoms with Crippen molar-refractivity contribution >= 4 is 11.5 Å². The molecule has 0 amide bonds. The Bertz CT molecular complexity index is 507. The van der Waals surface area contributed by atoms with Gasteiger partial charge in [-0.3, -0.25) is 0 Å². The second-order valence-corrected chi connectivity index (χ2v) is 5.43. The summed E-state index contributed by atoms with van der Waals surface area (Å²) in [6.45, 7) is 6.34. The van der Waals surface area contributed by atoms with Crippen molar-refractivity contribution in [3.63, 3.8) is 0 Å². The third kappa shape index (κ3) is 3.23. The van der Waals surface area contributed by atoms with Gasteiger partial charge in [0.15, 0.2) is 0 Å². The summed E-state index contributed by atoms with van der Waals surface area (Å²) in [4.78, 5) is 4.42. The van der Waals surface area contributed by atoms with Crippen LogP contribution in [0.2, 0.25) is 0 Å². The Morgan fingerprint density at radius 2 is 1.56 bits per heavy atom. The predicted molar refractivity (Wildman–Crippen MR) is 77.5 cm³/mol. The maximum absolute atomic E-state index is 5.67. The normalized spacial score (nSPS) is 11.3. The van der Waals surface area contributed by atoms with E-state index in [-0.39, 0.29) is 5.54 Å². The molecule has 0 aliphatic heterocycles. The van der Waals surface area contributed by atoms with Crippen molar-refractivity contribution in [2.24, 2.45) is 0 Å². The van der Waals surface area contributed by atoms with Gasteiger partial charge in [0.05, 0.1) is 0 Å². The van der Waals surface area contributed by atoms with Crippen molar-refractivity contribution in [1.29, 1.82) is 0 Å². The molecular formula is C15H19N3. The number of nitrogen functional groups attached to an aromatic ring is 1. The zero-order valence-electron chi connectivity index (χ0n) is 11.1. The lowest BCUT2D eigenvalue weighted by Gasteiger charge is -2.21. The number of rotatable bonds is 2. The van der Waals surface area contributed by atoms with Crippen LogP contribution in [0.4, 0.5) is 11.5 Å². The van der Waals surface area contributed by atoms with Gasteiger partial charge in [0.2, 0.25) is 0 Å². The molecule has 0 spiro atoms. The van der Waals surface area contributed by atoms with Crippen LogP contribution < -0.4 is 11.1 Å². The second kappa shape index (κ2) is 4.69. The zero-order valence-corrected chi connectivity index (χ0v) is 11.1. The Kier molecular flexibility index (Phi) is 3.24. The van der Waals surface area contributed by atoms with E-state index in [0.29, 0.717) is 0 Å². The van der Waals surface area contributed by atoms with Crippen LogP contribution in [-0.4, -0.2) is 10.5 Å². The molecule has 0 aliphatic rings. The lowest BCUT2D eigenvalue weighted by molar-refractivity contribution is 0.630. The van der Waals surface area contributed by atoms with Crippen molar-refractivity contribution in [2.75, 3.05) is 11.1 Å². The van der Waals surface area contributed by atoms with Crippen LogP contribution in [-0.2, 0) is 0 Å². The minimum absolute atomic E-state index is 0.0235. The quantitative estimate of drug-likeness (QED) is 0.791. The average molecular weight is 241 g/mol. The minimum atomic E-state index is 0.0235. The highest BCUT2D eigenvalue weighted by Crippen LogP contribution is 2.21. The van der Waals surface area contributed by atoms with E-state index in [1.165, 1.54) is 0 Å². The fraction of sp³-hybridized carbons (Fsp3) is 0.267. The van der Waals surface area contributed by atoms with Crippen LogP contribution in [0.25, 0.3) is 11.1 Å². The number of nitrogens with one attached hydrogen (secondary N) is 1. The number of anilines is 2. The van der Waals surface area contributed by atoms with E-state index in [0.717, 1.165) is 22.6 Å². The zero-order chi connectivity index (χ0) is 13.2. The highest BCUT2D eigenvalue weighted by Gasteiger charge is 2.09. The largest absolute Gasteiger partial charge is 0.399 e. The van der Waals surface area contributed by atoms with E-state index in [9.17, 15) is 0 Å². The second-order valence-electron chi connectivity index (χ2n) is 5.43. The van der Waals surface area contributed by atoms with Crippen LogP contribution in [0.5, 0.6) is 0 Å². The summed E-state index contributed by atoms with van der Waals surface area (Å²) in [7, 11) is 0. The highest BCUT2D eigenvalue weighted by molar-refractivity contribution is 5.65. The first-order chi connectivity index (χ1) is 8.44. The number of benzene rings is 1. The standard InChI is InChI=1S/C15H19N3/c1-15(2,3)18-14-9-6-12(10-17-14)11-4-7-13(16)8-5-11/h4-10H,16H2,1-3H3,(H,17,18). The van der Waals surface area contributed by atoms with Crippen LogP contribution in [0.1, 0.15) is 20.8 Å². The number of nitrogens with two attached hydrogens (primary N) is 1. The molecule has 94 valence electrons. The molecule has 2 rings (SSSR count). The first-order valence-electron chi connectivity index (χ1n) is 6.04. The fourth-order valence-corrected chi connectivity index (χ4v) is 1.70. The molecule has 18 heavy (non-hydrogen) atoms. The molecule has 0 saturated carbocycles. The molecule has 0 bridgehead atoms. The van der Waals surface area contributed by atoms with Crippen LogP contribution in [0.15, 0.2) is 42.6 Å². The topological polar surface area (TPSA) is 50.9 Å². The molecule has 0 aliphatic carbocycles. The fourth-order valence-electron chi connectivity index (χ4n) is 1.70. The van der Waals surface area contributed by atoms with Gasteiger partial charge < -0.3 is 11.1 Å². The summed E-state index contributed by atoms with van der Waals surface area (Å²) in [5, 5.41) is 3.34. The first-order valence-corrected chi connectivity index (χ1v) is 6.04. The summed E-state index contributed by atoms with van der Waals surface area (Å²) < 4.78 is 0. The van der Waals surface area contributed by atoms with Crippen LogP contribution in [0.3, 0.4) is 0 Å². The summed E-state index contributed by atoms with van der Waals surface area (Å²) >= 11 is 0. The van der Waals surface area contributed by atoms with Gasteiger partial charge in [-0.05, 0) is 50.6 Å². The molecule has 0 atom stereocenters. The summed E-state index contributed by atoms with van der Waals surface area (Å²) in [6, 6.07) is 11.9. The summed E-state index contributed by atoms with van der Waals surface area (Å²) in [6.07, 6.45) is 1.87. The van der Waals surface area contributed by atoms with Crippen LogP contribution >= 0.6 is 0 Å². The number of nitrogens with zero attached hydrogens (tertiary/aromatic N) is 1. The predicted octanol–water partition coefficient (Wildman–Crippen LogP) is 3.54. The lowest BCUT2D eigenvalue weighted by atomic mass is 10.1. The molecule has 3 nitrogen and oxygen atoms in total. The van der Waals surface area contributed by atoms with Crippen molar-refractivity contribution in [1.82, 2.24) is 4.98 Å². The Morgan fingerprint density at radius 1 is 0.944 bits per heavy atom. The third-order valence-corrected chi connectivity index (χ3v) is 2.51. The maximum atomic E-state index is 5.67.